The fraction of sp³-hybridized carbons (Fsp3) is 0.692. The van der Waals surface area contributed by atoms with Crippen LogP contribution in [0.2, 0.25) is 0 Å². The lowest BCUT2D eigenvalue weighted by atomic mass is 10.1. The van der Waals surface area contributed by atoms with Crippen LogP contribution in [0.5, 0.6) is 0 Å². The van der Waals surface area contributed by atoms with Crippen LogP contribution in [0.25, 0.3) is 0 Å². The Morgan fingerprint density at radius 2 is 2.29 bits per heavy atom. The van der Waals surface area contributed by atoms with Crippen molar-refractivity contribution in [3.8, 4) is 0 Å². The summed E-state index contributed by atoms with van der Waals surface area (Å²) >= 11 is 0. The Morgan fingerprint density at radius 1 is 1.47 bits per heavy atom. The molecule has 4 heteroatoms. The molecule has 2 unspecified atom stereocenters. The highest BCUT2D eigenvalue weighted by molar-refractivity contribution is 5.12. The fourth-order valence-electron chi connectivity index (χ4n) is 2.33. The van der Waals surface area contributed by atoms with E-state index in [1.807, 2.05) is 13.0 Å². The summed E-state index contributed by atoms with van der Waals surface area (Å²) in [7, 11) is 2.13. The van der Waals surface area contributed by atoms with Crippen molar-refractivity contribution in [2.45, 2.75) is 26.0 Å². The molecule has 2 rings (SSSR count). The summed E-state index contributed by atoms with van der Waals surface area (Å²) in [6.07, 6.45) is 0.166. The van der Waals surface area contributed by atoms with E-state index in [2.05, 4.69) is 30.3 Å². The molecule has 96 valence electrons. The monoisotopic (exact) mass is 238 g/mol. The van der Waals surface area contributed by atoms with Gasteiger partial charge in [0.1, 0.15) is 11.5 Å². The number of aryl methyl sites for hydroxylation is 1. The topological polar surface area (TPSA) is 37.6 Å². The number of ether oxygens (including phenoxy) is 1. The first-order valence-corrected chi connectivity index (χ1v) is 6.31. The Morgan fingerprint density at radius 3 is 2.94 bits per heavy atom. The molecule has 0 aromatic carbocycles. The van der Waals surface area contributed by atoms with Crippen molar-refractivity contribution in [1.82, 2.24) is 10.2 Å². The summed E-state index contributed by atoms with van der Waals surface area (Å²) in [5.41, 5.74) is 0. The van der Waals surface area contributed by atoms with Gasteiger partial charge in [-0.15, -0.1) is 0 Å². The molecule has 1 aliphatic heterocycles. The van der Waals surface area contributed by atoms with Crippen LogP contribution in [0, 0.1) is 6.92 Å². The zero-order chi connectivity index (χ0) is 12.3. The quantitative estimate of drug-likeness (QED) is 0.864. The third-order valence-electron chi connectivity index (χ3n) is 3.25. The van der Waals surface area contributed by atoms with Gasteiger partial charge in [-0.1, -0.05) is 6.92 Å². The predicted octanol–water partition coefficient (Wildman–Crippen LogP) is 1.57. The highest BCUT2D eigenvalue weighted by Gasteiger charge is 2.33. The van der Waals surface area contributed by atoms with E-state index in [1.165, 1.54) is 0 Å². The van der Waals surface area contributed by atoms with Crippen molar-refractivity contribution in [3.05, 3.63) is 23.7 Å². The third-order valence-corrected chi connectivity index (χ3v) is 3.25. The SMILES string of the molecule is CCNCC1OCCN(C)C1c1ccc(C)o1. The van der Waals surface area contributed by atoms with Gasteiger partial charge >= 0.3 is 0 Å². The first-order valence-electron chi connectivity index (χ1n) is 6.31. The van der Waals surface area contributed by atoms with Gasteiger partial charge in [0, 0.05) is 13.1 Å². The van der Waals surface area contributed by atoms with E-state index in [1.54, 1.807) is 0 Å². The molecule has 1 N–H and O–H groups in total. The van der Waals surface area contributed by atoms with Crippen LogP contribution in [-0.4, -0.2) is 44.3 Å². The minimum atomic E-state index is 0.166. The van der Waals surface area contributed by atoms with Crippen LogP contribution in [0.3, 0.4) is 0 Å². The van der Waals surface area contributed by atoms with E-state index >= 15 is 0 Å². The summed E-state index contributed by atoms with van der Waals surface area (Å²) in [5, 5.41) is 3.35. The van der Waals surface area contributed by atoms with Gasteiger partial charge in [0.2, 0.25) is 0 Å². The average molecular weight is 238 g/mol. The standard InChI is InChI=1S/C13H22N2O2/c1-4-14-9-12-13(15(3)7-8-16-12)11-6-5-10(2)17-11/h5-6,12-14H,4,7-9H2,1-3H3. The van der Waals surface area contributed by atoms with Crippen LogP contribution < -0.4 is 5.32 Å². The number of hydrogen-bond donors (Lipinski definition) is 1. The number of hydrogen-bond acceptors (Lipinski definition) is 4. The second-order valence-electron chi connectivity index (χ2n) is 4.59. The smallest absolute Gasteiger partial charge is 0.124 e. The van der Waals surface area contributed by atoms with Crippen molar-refractivity contribution >= 4 is 0 Å². The van der Waals surface area contributed by atoms with Crippen molar-refractivity contribution in [1.29, 1.82) is 0 Å². The fourth-order valence-corrected chi connectivity index (χ4v) is 2.33. The van der Waals surface area contributed by atoms with Crippen molar-refractivity contribution in [3.63, 3.8) is 0 Å². The molecule has 0 saturated carbocycles. The first-order chi connectivity index (χ1) is 8.22. The Kier molecular flexibility index (Phi) is 4.20. The summed E-state index contributed by atoms with van der Waals surface area (Å²) < 4.78 is 11.6. The van der Waals surface area contributed by atoms with Gasteiger partial charge in [0.05, 0.1) is 18.8 Å². The largest absolute Gasteiger partial charge is 0.465 e. The maximum atomic E-state index is 5.86. The predicted molar refractivity (Wildman–Crippen MR) is 67.1 cm³/mol. The van der Waals surface area contributed by atoms with E-state index in [4.69, 9.17) is 9.15 Å². The van der Waals surface area contributed by atoms with Crippen molar-refractivity contribution in [2.75, 3.05) is 33.3 Å². The zero-order valence-corrected chi connectivity index (χ0v) is 10.9. The Hall–Kier alpha value is -0.840. The van der Waals surface area contributed by atoms with Crippen LogP contribution in [0.1, 0.15) is 24.5 Å². The van der Waals surface area contributed by atoms with E-state index in [0.29, 0.717) is 0 Å². The number of furan rings is 1. The zero-order valence-electron chi connectivity index (χ0n) is 10.9. The average Bonchev–Trinajstić information content (AvgIpc) is 2.73. The maximum absolute atomic E-state index is 5.86. The van der Waals surface area contributed by atoms with E-state index in [-0.39, 0.29) is 12.1 Å². The molecule has 0 amide bonds. The Labute approximate surface area is 103 Å². The summed E-state index contributed by atoms with van der Waals surface area (Å²) in [6.45, 7) is 7.67. The molecule has 1 fully saturated rings. The van der Waals surface area contributed by atoms with Crippen molar-refractivity contribution in [2.24, 2.45) is 0 Å². The maximum Gasteiger partial charge on any atom is 0.124 e. The minimum Gasteiger partial charge on any atom is -0.465 e. The van der Waals surface area contributed by atoms with E-state index in [0.717, 1.165) is 37.8 Å². The molecule has 1 aromatic heterocycles. The summed E-state index contributed by atoms with van der Waals surface area (Å²) in [4.78, 5) is 2.31. The van der Waals surface area contributed by atoms with Gasteiger partial charge in [-0.25, -0.2) is 0 Å². The highest BCUT2D eigenvalue weighted by atomic mass is 16.5. The molecule has 0 radical (unpaired) electrons. The van der Waals surface area contributed by atoms with E-state index in [9.17, 15) is 0 Å². The third kappa shape index (κ3) is 2.89. The highest BCUT2D eigenvalue weighted by Crippen LogP contribution is 2.29. The summed E-state index contributed by atoms with van der Waals surface area (Å²) in [5.74, 6) is 1.97. The molecule has 4 nitrogen and oxygen atoms in total. The van der Waals surface area contributed by atoms with Gasteiger partial charge in [0.15, 0.2) is 0 Å². The Balaban J connectivity index is 2.12. The Bertz CT molecular complexity index is 351. The molecule has 17 heavy (non-hydrogen) atoms. The lowest BCUT2D eigenvalue weighted by molar-refractivity contribution is -0.0675. The number of likely N-dealkylation sites (N-methyl/N-ethyl adjacent to an activating group) is 2. The second kappa shape index (κ2) is 5.67. The number of morpholine rings is 1. The molecule has 2 heterocycles. The van der Waals surface area contributed by atoms with Gasteiger partial charge in [-0.3, -0.25) is 4.90 Å². The van der Waals surface area contributed by atoms with Gasteiger partial charge in [0.25, 0.3) is 0 Å². The lowest BCUT2D eigenvalue weighted by Gasteiger charge is -2.38. The lowest BCUT2D eigenvalue weighted by Crippen LogP contribution is -2.47. The van der Waals surface area contributed by atoms with Crippen LogP contribution in [-0.2, 0) is 4.74 Å². The van der Waals surface area contributed by atoms with Gasteiger partial charge in [-0.2, -0.15) is 0 Å². The van der Waals surface area contributed by atoms with Crippen LogP contribution >= 0.6 is 0 Å². The number of rotatable bonds is 4. The summed E-state index contributed by atoms with van der Waals surface area (Å²) in [6, 6.07) is 4.29. The molecule has 0 bridgehead atoms. The van der Waals surface area contributed by atoms with Crippen LogP contribution in [0.4, 0.5) is 0 Å². The molecule has 0 spiro atoms. The normalized spacial score (nSPS) is 26.3. The van der Waals surface area contributed by atoms with Gasteiger partial charge in [-0.05, 0) is 32.6 Å². The molecule has 2 atom stereocenters. The molecular formula is C13H22N2O2. The minimum absolute atomic E-state index is 0.166. The number of nitrogens with zero attached hydrogens (tertiary/aromatic N) is 1. The number of nitrogens with one attached hydrogen (secondary N) is 1. The van der Waals surface area contributed by atoms with Crippen LogP contribution in [0.15, 0.2) is 16.5 Å². The van der Waals surface area contributed by atoms with Gasteiger partial charge < -0.3 is 14.5 Å². The molecule has 1 aromatic rings. The van der Waals surface area contributed by atoms with E-state index < -0.39 is 0 Å². The molecule has 1 aliphatic rings. The second-order valence-corrected chi connectivity index (χ2v) is 4.59. The molecular weight excluding hydrogens is 216 g/mol. The molecule has 0 aliphatic carbocycles. The molecule has 1 saturated heterocycles. The first kappa shape index (κ1) is 12.6. The van der Waals surface area contributed by atoms with Crippen molar-refractivity contribution < 1.29 is 9.15 Å².